The first kappa shape index (κ1) is 20.0. The summed E-state index contributed by atoms with van der Waals surface area (Å²) < 4.78 is 0. The predicted molar refractivity (Wildman–Crippen MR) is 101 cm³/mol. The van der Waals surface area contributed by atoms with Crippen LogP contribution in [-0.2, 0) is 20.8 Å². The van der Waals surface area contributed by atoms with Crippen LogP contribution in [-0.4, -0.2) is 34.1 Å². The largest absolute Gasteiger partial charge is 0.481 e. The summed E-state index contributed by atoms with van der Waals surface area (Å²) in [4.78, 5) is 33.4. The van der Waals surface area contributed by atoms with E-state index in [9.17, 15) is 14.4 Å². The van der Waals surface area contributed by atoms with Gasteiger partial charge in [-0.15, -0.1) is 0 Å². The van der Waals surface area contributed by atoms with Crippen molar-refractivity contribution in [1.82, 2.24) is 5.32 Å². The van der Waals surface area contributed by atoms with Gasteiger partial charge in [0.1, 0.15) is 0 Å². The fraction of sp³-hybridized carbons (Fsp3) is 0.250. The van der Waals surface area contributed by atoms with E-state index in [0.717, 1.165) is 16.7 Å². The third-order valence-corrected chi connectivity index (χ3v) is 4.01. The highest BCUT2D eigenvalue weighted by molar-refractivity contribution is 5.81. The number of aliphatic carboxylic acids is 2. The Bertz CT molecular complexity index is 817. The van der Waals surface area contributed by atoms with Crippen LogP contribution in [0.1, 0.15) is 24.8 Å². The fourth-order valence-electron chi connectivity index (χ4n) is 2.74. The Morgan fingerprint density at radius 1 is 0.926 bits per heavy atom. The first-order valence-electron chi connectivity index (χ1n) is 8.51. The summed E-state index contributed by atoms with van der Waals surface area (Å²) in [5.74, 6) is -2.58. The zero-order valence-electron chi connectivity index (χ0n) is 14.7. The van der Waals surface area contributed by atoms with Gasteiger partial charge in [-0.05, 0) is 35.2 Å². The number of anilines is 1. The highest BCUT2D eigenvalue weighted by Gasteiger charge is 2.17. The molecule has 2 aromatic rings. The van der Waals surface area contributed by atoms with Crippen molar-refractivity contribution in [1.29, 1.82) is 0 Å². The van der Waals surface area contributed by atoms with Gasteiger partial charge < -0.3 is 21.3 Å². The molecule has 0 aliphatic rings. The number of hydrogen-bond acceptors (Lipinski definition) is 4. The van der Waals surface area contributed by atoms with Crippen LogP contribution < -0.4 is 11.1 Å². The van der Waals surface area contributed by atoms with Crippen molar-refractivity contribution in [3.05, 3.63) is 54.1 Å². The van der Waals surface area contributed by atoms with E-state index in [1.165, 1.54) is 0 Å². The molecule has 1 atom stereocenters. The van der Waals surface area contributed by atoms with E-state index in [0.29, 0.717) is 12.1 Å². The Morgan fingerprint density at radius 3 is 2.22 bits per heavy atom. The number of carboxylic acids is 2. The molecular formula is C20H22N2O5. The second kappa shape index (κ2) is 9.38. The van der Waals surface area contributed by atoms with Crippen LogP contribution in [0.3, 0.4) is 0 Å². The molecule has 0 unspecified atom stereocenters. The lowest BCUT2D eigenvalue weighted by atomic mass is 9.99. The van der Waals surface area contributed by atoms with Crippen molar-refractivity contribution < 1.29 is 24.6 Å². The fourth-order valence-corrected chi connectivity index (χ4v) is 2.74. The van der Waals surface area contributed by atoms with E-state index >= 15 is 0 Å². The molecule has 7 nitrogen and oxygen atoms in total. The van der Waals surface area contributed by atoms with Crippen LogP contribution in [0, 0.1) is 0 Å². The quantitative estimate of drug-likeness (QED) is 0.501. The molecule has 0 aromatic heterocycles. The SMILES string of the molecule is Nc1cccc(-c2ccc(C[C@H](CC(=O)O)NC(=O)CCC(=O)O)cc2)c1. The highest BCUT2D eigenvalue weighted by Crippen LogP contribution is 2.22. The van der Waals surface area contributed by atoms with Gasteiger partial charge >= 0.3 is 11.9 Å². The van der Waals surface area contributed by atoms with Crippen LogP contribution >= 0.6 is 0 Å². The Hall–Kier alpha value is -3.35. The monoisotopic (exact) mass is 370 g/mol. The maximum Gasteiger partial charge on any atom is 0.305 e. The van der Waals surface area contributed by atoms with Crippen LogP contribution in [0.15, 0.2) is 48.5 Å². The minimum Gasteiger partial charge on any atom is -0.481 e. The Labute approximate surface area is 156 Å². The smallest absolute Gasteiger partial charge is 0.305 e. The van der Waals surface area contributed by atoms with E-state index in [-0.39, 0.29) is 19.3 Å². The number of carbonyl (C=O) groups excluding carboxylic acids is 1. The van der Waals surface area contributed by atoms with Gasteiger partial charge in [0.25, 0.3) is 0 Å². The molecule has 0 fully saturated rings. The maximum atomic E-state index is 11.8. The van der Waals surface area contributed by atoms with Gasteiger partial charge in [0, 0.05) is 18.2 Å². The summed E-state index contributed by atoms with van der Waals surface area (Å²) >= 11 is 0. The van der Waals surface area contributed by atoms with E-state index in [1.807, 2.05) is 42.5 Å². The van der Waals surface area contributed by atoms with E-state index < -0.39 is 23.9 Å². The Kier molecular flexibility index (Phi) is 6.93. The minimum absolute atomic E-state index is 0.181. The second-order valence-corrected chi connectivity index (χ2v) is 6.28. The van der Waals surface area contributed by atoms with Crippen LogP contribution in [0.4, 0.5) is 5.69 Å². The first-order chi connectivity index (χ1) is 12.8. The lowest BCUT2D eigenvalue weighted by Crippen LogP contribution is -2.38. The average molecular weight is 370 g/mol. The zero-order valence-corrected chi connectivity index (χ0v) is 14.7. The summed E-state index contributed by atoms with van der Waals surface area (Å²) in [6.07, 6.45) is -0.377. The number of amides is 1. The van der Waals surface area contributed by atoms with E-state index in [1.54, 1.807) is 6.07 Å². The highest BCUT2D eigenvalue weighted by atomic mass is 16.4. The normalized spacial score (nSPS) is 11.6. The minimum atomic E-state index is -1.07. The molecule has 5 N–H and O–H groups in total. The number of nitrogens with one attached hydrogen (secondary N) is 1. The molecule has 142 valence electrons. The Morgan fingerprint density at radius 2 is 1.63 bits per heavy atom. The zero-order chi connectivity index (χ0) is 19.8. The van der Waals surface area contributed by atoms with Crippen molar-refractivity contribution in [2.45, 2.75) is 31.7 Å². The van der Waals surface area contributed by atoms with Crippen molar-refractivity contribution >= 4 is 23.5 Å². The molecule has 1 amide bonds. The molecule has 0 bridgehead atoms. The third kappa shape index (κ3) is 6.81. The van der Waals surface area contributed by atoms with Gasteiger partial charge in [-0.25, -0.2) is 0 Å². The third-order valence-electron chi connectivity index (χ3n) is 4.01. The van der Waals surface area contributed by atoms with Gasteiger partial charge in [-0.3, -0.25) is 14.4 Å². The van der Waals surface area contributed by atoms with Gasteiger partial charge in [-0.2, -0.15) is 0 Å². The van der Waals surface area contributed by atoms with Crippen molar-refractivity contribution in [3.8, 4) is 11.1 Å². The van der Waals surface area contributed by atoms with Gasteiger partial charge in [0.05, 0.1) is 12.8 Å². The second-order valence-electron chi connectivity index (χ2n) is 6.28. The number of carboxylic acid groups (broad SMARTS) is 2. The topological polar surface area (TPSA) is 130 Å². The molecule has 27 heavy (non-hydrogen) atoms. The van der Waals surface area contributed by atoms with Gasteiger partial charge in [0.15, 0.2) is 0 Å². The van der Waals surface area contributed by atoms with E-state index in [2.05, 4.69) is 5.32 Å². The maximum absolute atomic E-state index is 11.8. The van der Waals surface area contributed by atoms with Gasteiger partial charge in [0.2, 0.25) is 5.91 Å². The number of carbonyl (C=O) groups is 3. The van der Waals surface area contributed by atoms with Gasteiger partial charge in [-0.1, -0.05) is 36.4 Å². The molecule has 2 aromatic carbocycles. The summed E-state index contributed by atoms with van der Waals surface area (Å²) in [6, 6.07) is 14.4. The molecule has 0 aliphatic carbocycles. The van der Waals surface area contributed by atoms with Crippen LogP contribution in [0.5, 0.6) is 0 Å². The lowest BCUT2D eigenvalue weighted by molar-refractivity contribution is -0.140. The standard InChI is InChI=1S/C20H22N2O5/c21-16-3-1-2-15(11-16)14-6-4-13(5-7-14)10-17(12-20(26)27)22-18(23)8-9-19(24)25/h1-7,11,17H,8-10,12,21H2,(H,22,23)(H,24,25)(H,26,27)/t17-/m1/s1. The molecule has 0 spiro atoms. The molecule has 0 aliphatic heterocycles. The number of nitrogen functional groups attached to an aromatic ring is 1. The molecule has 0 heterocycles. The number of benzene rings is 2. The molecule has 2 rings (SSSR count). The number of hydrogen-bond donors (Lipinski definition) is 4. The lowest BCUT2D eigenvalue weighted by Gasteiger charge is -2.17. The average Bonchev–Trinajstić information content (AvgIpc) is 2.60. The van der Waals surface area contributed by atoms with Crippen molar-refractivity contribution in [2.75, 3.05) is 5.73 Å². The summed E-state index contributed by atoms with van der Waals surface area (Å²) in [5, 5.41) is 20.3. The van der Waals surface area contributed by atoms with Crippen molar-refractivity contribution in [3.63, 3.8) is 0 Å². The first-order valence-corrected chi connectivity index (χ1v) is 8.51. The van der Waals surface area contributed by atoms with Crippen LogP contribution in [0.2, 0.25) is 0 Å². The summed E-state index contributed by atoms with van der Waals surface area (Å²) in [7, 11) is 0. The molecular weight excluding hydrogens is 348 g/mol. The molecule has 0 radical (unpaired) electrons. The summed E-state index contributed by atoms with van der Waals surface area (Å²) in [6.45, 7) is 0. The van der Waals surface area contributed by atoms with Crippen LogP contribution in [0.25, 0.3) is 11.1 Å². The predicted octanol–water partition coefficient (Wildman–Crippen LogP) is 2.30. The number of nitrogens with two attached hydrogens (primary N) is 1. The summed E-state index contributed by atoms with van der Waals surface area (Å²) in [5.41, 5.74) is 9.29. The molecule has 0 saturated heterocycles. The van der Waals surface area contributed by atoms with Crippen molar-refractivity contribution in [2.24, 2.45) is 0 Å². The molecule has 7 heteroatoms. The Balaban J connectivity index is 2.04. The molecule has 0 saturated carbocycles. The van der Waals surface area contributed by atoms with E-state index in [4.69, 9.17) is 15.9 Å². The number of rotatable bonds is 9.